The minimum absolute atomic E-state index is 0.0573. The number of hydrogen-bond acceptors (Lipinski definition) is 6. The highest BCUT2D eigenvalue weighted by Crippen LogP contribution is 2.32. The molecule has 2 aromatic carbocycles. The highest BCUT2D eigenvalue weighted by Gasteiger charge is 2.27. The van der Waals surface area contributed by atoms with Crippen molar-refractivity contribution < 1.29 is 23.6 Å². The van der Waals surface area contributed by atoms with Crippen LogP contribution in [-0.2, 0) is 24.3 Å². The number of carbonyl (C=O) groups excluding carboxylic acids is 2. The maximum atomic E-state index is 13.4. The molecular weight excluding hydrogens is 458 g/mol. The Bertz CT molecular complexity index is 1190. The predicted molar refractivity (Wildman–Crippen MR) is 132 cm³/mol. The summed E-state index contributed by atoms with van der Waals surface area (Å²) in [5.41, 5.74) is 2.26. The van der Waals surface area contributed by atoms with Crippen LogP contribution in [0.25, 0.3) is 0 Å². The van der Waals surface area contributed by atoms with Gasteiger partial charge >= 0.3 is 0 Å². The lowest BCUT2D eigenvalue weighted by atomic mass is 9.88. The Balaban J connectivity index is 1.21. The highest BCUT2D eigenvalue weighted by atomic mass is 16.7. The highest BCUT2D eigenvalue weighted by molar-refractivity contribution is 5.92. The smallest absolute Gasteiger partial charge is 0.273 e. The zero-order valence-electron chi connectivity index (χ0n) is 20.3. The van der Waals surface area contributed by atoms with Crippen LogP contribution >= 0.6 is 0 Å². The Morgan fingerprint density at radius 1 is 0.944 bits per heavy atom. The molecule has 36 heavy (non-hydrogen) atoms. The van der Waals surface area contributed by atoms with E-state index in [9.17, 15) is 9.59 Å². The Hall–Kier alpha value is -3.81. The molecule has 0 bridgehead atoms. The summed E-state index contributed by atoms with van der Waals surface area (Å²) >= 11 is 0. The first-order valence-electron chi connectivity index (χ1n) is 12.6. The van der Waals surface area contributed by atoms with Crippen LogP contribution < -0.4 is 14.8 Å². The van der Waals surface area contributed by atoms with Gasteiger partial charge < -0.3 is 24.2 Å². The molecule has 0 spiro atoms. The second-order valence-electron chi connectivity index (χ2n) is 9.38. The van der Waals surface area contributed by atoms with Crippen molar-refractivity contribution in [2.75, 3.05) is 13.3 Å². The van der Waals surface area contributed by atoms with E-state index in [-0.39, 0.29) is 30.2 Å². The van der Waals surface area contributed by atoms with Crippen molar-refractivity contribution in [1.82, 2.24) is 15.4 Å². The number of fused-ring (bicyclic) bond motifs is 1. The molecule has 1 N–H and O–H groups in total. The van der Waals surface area contributed by atoms with Crippen molar-refractivity contribution in [3.8, 4) is 11.5 Å². The molecule has 1 aliphatic heterocycles. The van der Waals surface area contributed by atoms with Crippen LogP contribution in [0.3, 0.4) is 0 Å². The first-order valence-corrected chi connectivity index (χ1v) is 12.6. The lowest BCUT2D eigenvalue weighted by Crippen LogP contribution is -2.37. The first kappa shape index (κ1) is 23.9. The van der Waals surface area contributed by atoms with Crippen LogP contribution in [0.15, 0.2) is 59.1 Å². The quantitative estimate of drug-likeness (QED) is 0.476. The van der Waals surface area contributed by atoms with Gasteiger partial charge in [-0.2, -0.15) is 0 Å². The van der Waals surface area contributed by atoms with Gasteiger partial charge in [-0.1, -0.05) is 60.8 Å². The average Bonchev–Trinajstić information content (AvgIpc) is 3.60. The average molecular weight is 490 g/mol. The molecule has 1 aliphatic carbocycles. The molecule has 188 valence electrons. The topological polar surface area (TPSA) is 93.9 Å². The third-order valence-corrected chi connectivity index (χ3v) is 6.81. The number of carbonyl (C=O) groups is 2. The van der Waals surface area contributed by atoms with E-state index in [0.717, 1.165) is 37.7 Å². The van der Waals surface area contributed by atoms with E-state index in [1.54, 1.807) is 6.07 Å². The number of nitrogens with one attached hydrogen (secondary N) is 1. The molecule has 0 radical (unpaired) electrons. The van der Waals surface area contributed by atoms with Crippen molar-refractivity contribution >= 4 is 11.8 Å². The first-order chi connectivity index (χ1) is 17.7. The molecule has 5 rings (SSSR count). The van der Waals surface area contributed by atoms with Gasteiger partial charge in [0.2, 0.25) is 12.7 Å². The summed E-state index contributed by atoms with van der Waals surface area (Å²) < 4.78 is 16.2. The maximum Gasteiger partial charge on any atom is 0.273 e. The Morgan fingerprint density at radius 3 is 2.58 bits per heavy atom. The van der Waals surface area contributed by atoms with Gasteiger partial charge in [0.1, 0.15) is 0 Å². The van der Waals surface area contributed by atoms with Crippen molar-refractivity contribution in [3.05, 3.63) is 77.2 Å². The van der Waals surface area contributed by atoms with E-state index < -0.39 is 0 Å². The summed E-state index contributed by atoms with van der Waals surface area (Å²) in [6, 6.07) is 17.3. The normalized spacial score (nSPS) is 15.0. The second-order valence-corrected chi connectivity index (χ2v) is 9.38. The minimum Gasteiger partial charge on any atom is -0.454 e. The minimum atomic E-state index is -0.336. The van der Waals surface area contributed by atoms with Crippen LogP contribution in [0.5, 0.6) is 11.5 Å². The fraction of sp³-hybridized carbons (Fsp3) is 0.393. The van der Waals surface area contributed by atoms with Crippen LogP contribution in [0.1, 0.15) is 59.5 Å². The number of nitrogens with zero attached hydrogens (tertiary/aromatic N) is 2. The summed E-state index contributed by atoms with van der Waals surface area (Å²) in [6.07, 6.45) is 6.02. The van der Waals surface area contributed by atoms with Gasteiger partial charge in [0.05, 0.1) is 6.54 Å². The van der Waals surface area contributed by atoms with Crippen molar-refractivity contribution in [3.63, 3.8) is 0 Å². The zero-order chi connectivity index (χ0) is 24.7. The molecule has 0 atom stereocenters. The molecule has 1 saturated carbocycles. The van der Waals surface area contributed by atoms with Gasteiger partial charge in [0, 0.05) is 25.1 Å². The molecule has 1 aromatic heterocycles. The summed E-state index contributed by atoms with van der Waals surface area (Å²) in [7, 11) is 0. The third-order valence-electron chi connectivity index (χ3n) is 6.81. The maximum absolute atomic E-state index is 13.4. The predicted octanol–water partition coefficient (Wildman–Crippen LogP) is 4.48. The van der Waals surface area contributed by atoms with Crippen molar-refractivity contribution in [1.29, 1.82) is 0 Å². The fourth-order valence-corrected chi connectivity index (χ4v) is 4.79. The SMILES string of the molecule is O=C(NCc1ccc2c(c1)OCO2)c1cc(CN(CCc2ccccc2)C(=O)C2CCCCC2)on1. The lowest BCUT2D eigenvalue weighted by molar-refractivity contribution is -0.137. The number of amides is 2. The van der Waals surface area contributed by atoms with Gasteiger partial charge in [-0.25, -0.2) is 0 Å². The van der Waals surface area contributed by atoms with E-state index in [1.165, 1.54) is 12.0 Å². The molecule has 2 aliphatic rings. The number of benzene rings is 2. The Labute approximate surface area is 210 Å². The third kappa shape index (κ3) is 5.87. The van der Waals surface area contributed by atoms with Crippen molar-refractivity contribution in [2.24, 2.45) is 5.92 Å². The van der Waals surface area contributed by atoms with Crippen LogP contribution in [0, 0.1) is 5.92 Å². The van der Waals surface area contributed by atoms with E-state index in [2.05, 4.69) is 22.6 Å². The fourth-order valence-electron chi connectivity index (χ4n) is 4.79. The van der Waals surface area contributed by atoms with Gasteiger partial charge in [-0.3, -0.25) is 9.59 Å². The summed E-state index contributed by atoms with van der Waals surface area (Å²) in [5, 5.41) is 6.82. The monoisotopic (exact) mass is 489 g/mol. The molecule has 8 heteroatoms. The number of hydrogen-bond donors (Lipinski definition) is 1. The molecule has 2 amide bonds. The molecule has 8 nitrogen and oxygen atoms in total. The summed E-state index contributed by atoms with van der Waals surface area (Å²) in [5.74, 6) is 1.75. The number of aromatic nitrogens is 1. The Morgan fingerprint density at radius 2 is 1.75 bits per heavy atom. The Kier molecular flexibility index (Phi) is 7.50. The van der Waals surface area contributed by atoms with Crippen LogP contribution in [-0.4, -0.2) is 35.2 Å². The van der Waals surface area contributed by atoms with E-state index >= 15 is 0 Å². The number of ether oxygens (including phenoxy) is 2. The zero-order valence-corrected chi connectivity index (χ0v) is 20.3. The molecule has 0 unspecified atom stereocenters. The van der Waals surface area contributed by atoms with E-state index in [0.29, 0.717) is 36.9 Å². The van der Waals surface area contributed by atoms with Crippen molar-refractivity contribution in [2.45, 2.75) is 51.6 Å². The largest absolute Gasteiger partial charge is 0.454 e. The van der Waals surface area contributed by atoms with Gasteiger partial charge in [0.25, 0.3) is 5.91 Å². The summed E-state index contributed by atoms with van der Waals surface area (Å²) in [6.45, 7) is 1.41. The molecule has 2 heterocycles. The molecule has 3 aromatic rings. The van der Waals surface area contributed by atoms with E-state index in [1.807, 2.05) is 41.3 Å². The van der Waals surface area contributed by atoms with E-state index in [4.69, 9.17) is 14.0 Å². The lowest BCUT2D eigenvalue weighted by Gasteiger charge is -2.28. The standard InChI is InChI=1S/C28H31N3O5/c32-27(29-17-21-11-12-25-26(15-21)35-19-34-25)24-16-23(36-30-24)18-31(14-13-20-7-3-1-4-8-20)28(33)22-9-5-2-6-10-22/h1,3-4,7-8,11-12,15-16,22H,2,5-6,9-10,13-14,17-19H2,(H,29,32). The molecule has 0 saturated heterocycles. The second kappa shape index (κ2) is 11.3. The van der Waals surface area contributed by atoms with Gasteiger partial charge in [0.15, 0.2) is 23.0 Å². The van der Waals surface area contributed by atoms with Crippen LogP contribution in [0.2, 0.25) is 0 Å². The van der Waals surface area contributed by atoms with Gasteiger partial charge in [-0.05, 0) is 42.5 Å². The van der Waals surface area contributed by atoms with Gasteiger partial charge in [-0.15, -0.1) is 0 Å². The summed E-state index contributed by atoms with van der Waals surface area (Å²) in [4.78, 5) is 27.9. The molecule has 1 fully saturated rings. The number of rotatable bonds is 9. The molecular formula is C28H31N3O5. The van der Waals surface area contributed by atoms with Crippen LogP contribution in [0.4, 0.5) is 0 Å².